The first kappa shape index (κ1) is 14.6. The molecule has 0 aliphatic rings. The molecule has 0 saturated carbocycles. The van der Waals surface area contributed by atoms with Crippen molar-refractivity contribution in [3.05, 3.63) is 85.3 Å². The van der Waals surface area contributed by atoms with E-state index in [0.29, 0.717) is 0 Å². The Kier molecular flexibility index (Phi) is 3.35. The van der Waals surface area contributed by atoms with Crippen LogP contribution in [0.1, 0.15) is 0 Å². The maximum atomic E-state index is 4.55. The number of aromatic nitrogens is 4. The van der Waals surface area contributed by atoms with E-state index in [1.54, 1.807) is 6.20 Å². The van der Waals surface area contributed by atoms with Crippen LogP contribution in [-0.2, 0) is 0 Å². The molecule has 1 N–H and O–H groups in total. The monoisotopic (exact) mass is 337 g/mol. The molecule has 0 atom stereocenters. The van der Waals surface area contributed by atoms with E-state index < -0.39 is 0 Å². The van der Waals surface area contributed by atoms with E-state index in [9.17, 15) is 0 Å². The number of fused-ring (bicyclic) bond motifs is 2. The second kappa shape index (κ2) is 5.97. The van der Waals surface area contributed by atoms with Crippen molar-refractivity contribution in [3.8, 4) is 5.69 Å². The molecule has 5 heteroatoms. The van der Waals surface area contributed by atoms with Gasteiger partial charge in [0.15, 0.2) is 5.82 Å². The van der Waals surface area contributed by atoms with Gasteiger partial charge in [0.1, 0.15) is 6.33 Å². The SMILES string of the molecule is c1ccc(-n2cnc3cc(Nc4nncc5ccccc45)ccc32)cc1. The topological polar surface area (TPSA) is 55.6 Å². The van der Waals surface area contributed by atoms with Crippen LogP contribution >= 0.6 is 0 Å². The van der Waals surface area contributed by atoms with Crippen LogP contribution in [0.4, 0.5) is 11.5 Å². The quantitative estimate of drug-likeness (QED) is 0.518. The van der Waals surface area contributed by atoms with Crippen LogP contribution < -0.4 is 5.32 Å². The van der Waals surface area contributed by atoms with E-state index in [-0.39, 0.29) is 0 Å². The maximum absolute atomic E-state index is 4.55. The average molecular weight is 337 g/mol. The van der Waals surface area contributed by atoms with Crippen molar-refractivity contribution in [1.82, 2.24) is 19.7 Å². The molecule has 0 aliphatic carbocycles. The molecule has 124 valence electrons. The van der Waals surface area contributed by atoms with Crippen LogP contribution in [-0.4, -0.2) is 19.7 Å². The van der Waals surface area contributed by atoms with Crippen LogP contribution in [0.25, 0.3) is 27.5 Å². The molecule has 0 amide bonds. The van der Waals surface area contributed by atoms with Gasteiger partial charge in [0, 0.05) is 22.1 Å². The summed E-state index contributed by atoms with van der Waals surface area (Å²) in [5, 5.41) is 13.8. The van der Waals surface area contributed by atoms with Gasteiger partial charge in [-0.05, 0) is 30.3 Å². The van der Waals surface area contributed by atoms with E-state index >= 15 is 0 Å². The van der Waals surface area contributed by atoms with E-state index in [0.717, 1.165) is 39.0 Å². The molecule has 0 spiro atoms. The third-order valence-electron chi connectivity index (χ3n) is 4.41. The molecule has 0 saturated heterocycles. The second-order valence-electron chi connectivity index (χ2n) is 6.06. The minimum absolute atomic E-state index is 0.741. The summed E-state index contributed by atoms with van der Waals surface area (Å²) in [6.07, 6.45) is 3.62. The maximum Gasteiger partial charge on any atom is 0.160 e. The van der Waals surface area contributed by atoms with Gasteiger partial charge in [-0.3, -0.25) is 4.57 Å². The predicted octanol–water partition coefficient (Wildman–Crippen LogP) is 4.71. The Morgan fingerprint density at radius 1 is 0.846 bits per heavy atom. The summed E-state index contributed by atoms with van der Waals surface area (Å²) in [4.78, 5) is 4.55. The van der Waals surface area contributed by atoms with Crippen LogP contribution in [0.3, 0.4) is 0 Å². The third-order valence-corrected chi connectivity index (χ3v) is 4.41. The van der Waals surface area contributed by atoms with Gasteiger partial charge >= 0.3 is 0 Å². The van der Waals surface area contributed by atoms with Gasteiger partial charge < -0.3 is 5.32 Å². The second-order valence-corrected chi connectivity index (χ2v) is 6.06. The van der Waals surface area contributed by atoms with Crippen molar-refractivity contribution in [2.75, 3.05) is 5.32 Å². The number of hydrogen-bond acceptors (Lipinski definition) is 4. The Bertz CT molecular complexity index is 1210. The highest BCUT2D eigenvalue weighted by molar-refractivity contribution is 5.93. The molecule has 5 nitrogen and oxygen atoms in total. The highest BCUT2D eigenvalue weighted by atomic mass is 15.2. The van der Waals surface area contributed by atoms with Gasteiger partial charge in [0.05, 0.1) is 17.2 Å². The summed E-state index contributed by atoms with van der Waals surface area (Å²) in [6, 6.07) is 24.4. The number of para-hydroxylation sites is 1. The summed E-state index contributed by atoms with van der Waals surface area (Å²) in [5.74, 6) is 0.741. The molecule has 0 fully saturated rings. The van der Waals surface area contributed by atoms with Crippen LogP contribution in [0.2, 0.25) is 0 Å². The molecule has 2 aromatic heterocycles. The fraction of sp³-hybridized carbons (Fsp3) is 0. The largest absolute Gasteiger partial charge is 0.338 e. The third kappa shape index (κ3) is 2.46. The lowest BCUT2D eigenvalue weighted by Crippen LogP contribution is -1.97. The number of nitrogens with zero attached hydrogens (tertiary/aromatic N) is 4. The van der Waals surface area contributed by atoms with Gasteiger partial charge in [-0.1, -0.05) is 42.5 Å². The molecule has 5 aromatic rings. The van der Waals surface area contributed by atoms with E-state index in [4.69, 9.17) is 0 Å². The minimum atomic E-state index is 0.741. The Labute approximate surface area is 150 Å². The molecule has 5 rings (SSSR count). The first-order chi connectivity index (χ1) is 12.9. The van der Waals surface area contributed by atoms with E-state index in [2.05, 4.69) is 43.3 Å². The van der Waals surface area contributed by atoms with Crippen molar-refractivity contribution in [1.29, 1.82) is 0 Å². The van der Waals surface area contributed by atoms with Crippen LogP contribution in [0.5, 0.6) is 0 Å². The molecule has 3 aromatic carbocycles. The molecule has 0 radical (unpaired) electrons. The number of benzene rings is 3. The lowest BCUT2D eigenvalue weighted by atomic mass is 10.2. The zero-order chi connectivity index (χ0) is 17.3. The van der Waals surface area contributed by atoms with Gasteiger partial charge in [0.2, 0.25) is 0 Å². The van der Waals surface area contributed by atoms with Crippen LogP contribution in [0.15, 0.2) is 85.3 Å². The number of anilines is 2. The Morgan fingerprint density at radius 3 is 2.62 bits per heavy atom. The normalized spacial score (nSPS) is 11.1. The zero-order valence-corrected chi connectivity index (χ0v) is 13.9. The van der Waals surface area contributed by atoms with Crippen LogP contribution in [0, 0.1) is 0 Å². The molecule has 2 heterocycles. The molecule has 0 aliphatic heterocycles. The number of hydrogen-bond donors (Lipinski definition) is 1. The summed E-state index contributed by atoms with van der Waals surface area (Å²) < 4.78 is 2.08. The standard InChI is InChI=1S/C21H15N5/c1-2-7-17(8-3-1)26-14-22-19-12-16(10-11-20(19)26)24-21-18-9-5-4-6-15(18)13-23-25-21/h1-14H,(H,24,25). The molecule has 0 unspecified atom stereocenters. The summed E-state index contributed by atoms with van der Waals surface area (Å²) in [5.41, 5.74) is 4.01. The van der Waals surface area contributed by atoms with Crippen molar-refractivity contribution in [2.24, 2.45) is 0 Å². The number of rotatable bonds is 3. The number of imidazole rings is 1. The van der Waals surface area contributed by atoms with E-state index in [1.807, 2.05) is 60.9 Å². The summed E-state index contributed by atoms with van der Waals surface area (Å²) in [7, 11) is 0. The smallest absolute Gasteiger partial charge is 0.160 e. The summed E-state index contributed by atoms with van der Waals surface area (Å²) >= 11 is 0. The molecular formula is C21H15N5. The van der Waals surface area contributed by atoms with Crippen molar-refractivity contribution < 1.29 is 0 Å². The first-order valence-corrected chi connectivity index (χ1v) is 8.38. The lowest BCUT2D eigenvalue weighted by Gasteiger charge is -2.08. The van der Waals surface area contributed by atoms with Gasteiger partial charge in [-0.15, -0.1) is 5.10 Å². The molecule has 0 bridgehead atoms. The predicted molar refractivity (Wildman–Crippen MR) is 104 cm³/mol. The zero-order valence-electron chi connectivity index (χ0n) is 13.9. The first-order valence-electron chi connectivity index (χ1n) is 8.38. The Balaban J connectivity index is 1.54. The summed E-state index contributed by atoms with van der Waals surface area (Å²) in [6.45, 7) is 0. The minimum Gasteiger partial charge on any atom is -0.338 e. The van der Waals surface area contributed by atoms with E-state index in [1.165, 1.54) is 0 Å². The fourth-order valence-electron chi connectivity index (χ4n) is 3.14. The molecule has 26 heavy (non-hydrogen) atoms. The van der Waals surface area contributed by atoms with Crippen molar-refractivity contribution in [3.63, 3.8) is 0 Å². The molecular weight excluding hydrogens is 322 g/mol. The van der Waals surface area contributed by atoms with Crippen molar-refractivity contribution >= 4 is 33.3 Å². The van der Waals surface area contributed by atoms with Crippen molar-refractivity contribution in [2.45, 2.75) is 0 Å². The van der Waals surface area contributed by atoms with Gasteiger partial charge in [0.25, 0.3) is 0 Å². The van der Waals surface area contributed by atoms with Gasteiger partial charge in [-0.2, -0.15) is 5.10 Å². The lowest BCUT2D eigenvalue weighted by molar-refractivity contribution is 1.05. The Morgan fingerprint density at radius 2 is 1.69 bits per heavy atom. The Hall–Kier alpha value is -3.73. The average Bonchev–Trinajstić information content (AvgIpc) is 3.12. The van der Waals surface area contributed by atoms with Gasteiger partial charge in [-0.25, -0.2) is 4.98 Å². The number of nitrogens with one attached hydrogen (secondary N) is 1. The highest BCUT2D eigenvalue weighted by Crippen LogP contribution is 2.26. The highest BCUT2D eigenvalue weighted by Gasteiger charge is 2.07. The fourth-order valence-corrected chi connectivity index (χ4v) is 3.14.